The van der Waals surface area contributed by atoms with Gasteiger partial charge in [0, 0.05) is 24.7 Å². The van der Waals surface area contributed by atoms with E-state index in [-0.39, 0.29) is 18.3 Å². The highest BCUT2D eigenvalue weighted by atomic mass is 16.6. The number of rotatable bonds is 7. The monoisotopic (exact) mass is 395 g/mol. The predicted octanol–water partition coefficient (Wildman–Crippen LogP) is 2.57. The molecule has 1 heterocycles. The lowest BCUT2D eigenvalue weighted by molar-refractivity contribution is -0.398. The Bertz CT molecular complexity index is 946. The van der Waals surface area contributed by atoms with Gasteiger partial charge in [-0.25, -0.2) is 0 Å². The Kier molecular flexibility index (Phi) is 6.23. The van der Waals surface area contributed by atoms with Crippen molar-refractivity contribution in [3.63, 3.8) is 0 Å². The maximum absolute atomic E-state index is 12.3. The van der Waals surface area contributed by atoms with Gasteiger partial charge in [-0.3, -0.25) is 19.7 Å². The van der Waals surface area contributed by atoms with Gasteiger partial charge in [-0.05, 0) is 54.5 Å². The quantitative estimate of drug-likeness (QED) is 0.308. The van der Waals surface area contributed by atoms with Crippen molar-refractivity contribution >= 4 is 23.5 Å². The standard InChI is InChI=1S/C21H20N2O6/c24-19(9-3-15-4-10-20(25)18(13-15)23(27)28)16-5-7-17(8-6-16)29-14-21(26)22-11-1-2-12-22/h3-10,13,25H,1-2,11-12,14H2/p-1/b9-3+. The zero-order valence-corrected chi connectivity index (χ0v) is 15.6. The van der Waals surface area contributed by atoms with Crippen molar-refractivity contribution in [2.45, 2.75) is 12.8 Å². The van der Waals surface area contributed by atoms with Crippen molar-refractivity contribution in [3.8, 4) is 11.5 Å². The average molecular weight is 395 g/mol. The van der Waals surface area contributed by atoms with E-state index in [4.69, 9.17) is 4.74 Å². The summed E-state index contributed by atoms with van der Waals surface area (Å²) < 4.78 is 5.48. The SMILES string of the molecule is O=C(/C=C/c1ccc([O-])c([N+](=O)[O-])c1)c1ccc(OCC(=O)N2CCCC2)cc1. The number of likely N-dealkylation sites (tertiary alicyclic amines) is 1. The van der Waals surface area contributed by atoms with E-state index in [0.29, 0.717) is 16.9 Å². The zero-order valence-electron chi connectivity index (χ0n) is 15.6. The van der Waals surface area contributed by atoms with Crippen molar-refractivity contribution in [2.24, 2.45) is 0 Å². The lowest BCUT2D eigenvalue weighted by Crippen LogP contribution is -2.32. The van der Waals surface area contributed by atoms with Crippen molar-refractivity contribution < 1.29 is 24.4 Å². The van der Waals surface area contributed by atoms with Crippen LogP contribution in [0.15, 0.2) is 48.5 Å². The molecule has 1 aliphatic heterocycles. The lowest BCUT2D eigenvalue weighted by atomic mass is 10.1. The molecule has 0 spiro atoms. The van der Waals surface area contributed by atoms with E-state index >= 15 is 0 Å². The topological polar surface area (TPSA) is 113 Å². The first-order valence-corrected chi connectivity index (χ1v) is 9.12. The molecule has 8 heteroatoms. The summed E-state index contributed by atoms with van der Waals surface area (Å²) in [6.07, 6.45) is 4.72. The number of carbonyl (C=O) groups excluding carboxylic acids is 2. The highest BCUT2D eigenvalue weighted by molar-refractivity contribution is 6.06. The lowest BCUT2D eigenvalue weighted by Gasteiger charge is -2.15. The summed E-state index contributed by atoms with van der Waals surface area (Å²) in [5, 5.41) is 22.2. The van der Waals surface area contributed by atoms with Crippen LogP contribution in [0.2, 0.25) is 0 Å². The highest BCUT2D eigenvalue weighted by Crippen LogP contribution is 2.24. The number of hydrogen-bond acceptors (Lipinski definition) is 6. The van der Waals surface area contributed by atoms with Crippen LogP contribution in [0.3, 0.4) is 0 Å². The van der Waals surface area contributed by atoms with Gasteiger partial charge in [0.05, 0.1) is 4.92 Å². The number of hydrogen-bond donors (Lipinski definition) is 0. The Balaban J connectivity index is 1.58. The Labute approximate surface area is 167 Å². The molecule has 0 bridgehead atoms. The van der Waals surface area contributed by atoms with Crippen LogP contribution in [0, 0.1) is 10.1 Å². The van der Waals surface area contributed by atoms with Crippen LogP contribution in [0.4, 0.5) is 5.69 Å². The Morgan fingerprint density at radius 3 is 2.45 bits per heavy atom. The molecule has 0 radical (unpaired) electrons. The maximum Gasteiger partial charge on any atom is 0.262 e. The molecular formula is C21H19N2O6-. The first-order chi connectivity index (χ1) is 13.9. The molecule has 2 aromatic carbocycles. The number of carbonyl (C=O) groups is 2. The molecule has 0 atom stereocenters. The van der Waals surface area contributed by atoms with Gasteiger partial charge in [-0.2, -0.15) is 0 Å². The van der Waals surface area contributed by atoms with Gasteiger partial charge in [0.2, 0.25) is 0 Å². The number of nitro benzene ring substituents is 1. The number of amides is 1. The Morgan fingerprint density at radius 2 is 1.79 bits per heavy atom. The van der Waals surface area contributed by atoms with Crippen LogP contribution >= 0.6 is 0 Å². The molecule has 150 valence electrons. The highest BCUT2D eigenvalue weighted by Gasteiger charge is 2.18. The minimum Gasteiger partial charge on any atom is -0.868 e. The van der Waals surface area contributed by atoms with Gasteiger partial charge in [-0.15, -0.1) is 0 Å². The fourth-order valence-corrected chi connectivity index (χ4v) is 2.97. The van der Waals surface area contributed by atoms with Crippen molar-refractivity contribution in [3.05, 3.63) is 69.8 Å². The molecule has 29 heavy (non-hydrogen) atoms. The summed E-state index contributed by atoms with van der Waals surface area (Å²) in [4.78, 5) is 36.1. The summed E-state index contributed by atoms with van der Waals surface area (Å²) in [7, 11) is 0. The largest absolute Gasteiger partial charge is 0.868 e. The minimum atomic E-state index is -0.755. The number of allylic oxidation sites excluding steroid dienone is 1. The molecule has 0 aromatic heterocycles. The second-order valence-electron chi connectivity index (χ2n) is 6.58. The van der Waals surface area contributed by atoms with Gasteiger partial charge in [-0.1, -0.05) is 18.2 Å². The van der Waals surface area contributed by atoms with Crippen LogP contribution in [-0.2, 0) is 4.79 Å². The third-order valence-corrected chi connectivity index (χ3v) is 4.57. The van der Waals surface area contributed by atoms with Crippen LogP contribution < -0.4 is 9.84 Å². The zero-order chi connectivity index (χ0) is 20.8. The number of nitro groups is 1. The molecule has 2 aromatic rings. The van der Waals surface area contributed by atoms with Gasteiger partial charge in [0.15, 0.2) is 12.4 Å². The van der Waals surface area contributed by atoms with Gasteiger partial charge in [0.25, 0.3) is 11.6 Å². The maximum atomic E-state index is 12.3. The average Bonchev–Trinajstić information content (AvgIpc) is 3.26. The first kappa shape index (κ1) is 20.1. The summed E-state index contributed by atoms with van der Waals surface area (Å²) in [6.45, 7) is 1.49. The molecular weight excluding hydrogens is 376 g/mol. The molecule has 0 saturated carbocycles. The van der Waals surface area contributed by atoms with Crippen LogP contribution in [-0.4, -0.2) is 41.2 Å². The summed E-state index contributed by atoms with van der Waals surface area (Å²) in [5.74, 6) is -0.556. The number of ether oxygens (including phenoxy) is 1. The summed E-state index contributed by atoms with van der Waals surface area (Å²) in [5.41, 5.74) is 0.240. The van der Waals surface area contributed by atoms with Crippen LogP contribution in [0.1, 0.15) is 28.8 Å². The van der Waals surface area contributed by atoms with Gasteiger partial charge in [0.1, 0.15) is 5.75 Å². The van der Waals surface area contributed by atoms with E-state index in [0.717, 1.165) is 38.1 Å². The fourth-order valence-electron chi connectivity index (χ4n) is 2.97. The van der Waals surface area contributed by atoms with Crippen LogP contribution in [0.5, 0.6) is 11.5 Å². The smallest absolute Gasteiger partial charge is 0.262 e. The molecule has 0 unspecified atom stereocenters. The van der Waals surface area contributed by atoms with E-state index in [9.17, 15) is 24.8 Å². The summed E-state index contributed by atoms with van der Waals surface area (Å²) >= 11 is 0. The third-order valence-electron chi connectivity index (χ3n) is 4.57. The van der Waals surface area contributed by atoms with E-state index in [1.165, 1.54) is 18.2 Å². The molecule has 1 aliphatic rings. The fraction of sp³-hybridized carbons (Fsp3) is 0.238. The van der Waals surface area contributed by atoms with E-state index < -0.39 is 16.4 Å². The number of nitrogens with zero attached hydrogens (tertiary/aromatic N) is 2. The Hall–Kier alpha value is -3.68. The van der Waals surface area contributed by atoms with Crippen molar-refractivity contribution in [2.75, 3.05) is 19.7 Å². The molecule has 3 rings (SSSR count). The second-order valence-corrected chi connectivity index (χ2v) is 6.58. The molecule has 0 N–H and O–H groups in total. The van der Waals surface area contributed by atoms with Crippen molar-refractivity contribution in [1.29, 1.82) is 0 Å². The van der Waals surface area contributed by atoms with E-state index in [1.54, 1.807) is 29.2 Å². The molecule has 1 fully saturated rings. The normalized spacial score (nSPS) is 13.6. The van der Waals surface area contributed by atoms with E-state index in [1.807, 2.05) is 0 Å². The van der Waals surface area contributed by atoms with Gasteiger partial charge < -0.3 is 14.7 Å². The van der Waals surface area contributed by atoms with Crippen LogP contribution in [0.25, 0.3) is 6.08 Å². The van der Waals surface area contributed by atoms with Gasteiger partial charge >= 0.3 is 0 Å². The van der Waals surface area contributed by atoms with E-state index in [2.05, 4.69) is 0 Å². The first-order valence-electron chi connectivity index (χ1n) is 9.12. The molecule has 1 saturated heterocycles. The molecule has 1 amide bonds. The Morgan fingerprint density at radius 1 is 1.10 bits per heavy atom. The summed E-state index contributed by atoms with van der Waals surface area (Å²) in [6, 6.07) is 9.99. The predicted molar refractivity (Wildman–Crippen MR) is 104 cm³/mol. The third kappa shape index (κ3) is 5.19. The number of benzene rings is 2. The molecule has 0 aliphatic carbocycles. The minimum absolute atomic E-state index is 0.0400. The molecule has 8 nitrogen and oxygen atoms in total. The second kappa shape index (κ2) is 9.01. The number of ketones is 1. The van der Waals surface area contributed by atoms with Crippen molar-refractivity contribution in [1.82, 2.24) is 4.90 Å².